The van der Waals surface area contributed by atoms with Gasteiger partial charge in [-0.25, -0.2) is 9.97 Å². The molecule has 2 heterocycles. The number of likely N-dealkylation sites (N-methyl/N-ethyl adjacent to an activating group) is 2. The fourth-order valence-electron chi connectivity index (χ4n) is 3.27. The average molecular weight is 289 g/mol. The summed E-state index contributed by atoms with van der Waals surface area (Å²) in [5.41, 5.74) is 1.16. The lowest BCUT2D eigenvalue weighted by molar-refractivity contribution is 0.314. The molecule has 3 rings (SSSR count). The van der Waals surface area contributed by atoms with Gasteiger partial charge in [-0.1, -0.05) is 0 Å². The van der Waals surface area contributed by atoms with E-state index in [-0.39, 0.29) is 0 Å². The van der Waals surface area contributed by atoms with Crippen molar-refractivity contribution >= 4 is 11.6 Å². The van der Waals surface area contributed by atoms with Crippen LogP contribution in [0.5, 0.6) is 0 Å². The Morgan fingerprint density at radius 1 is 1.29 bits per heavy atom. The molecule has 1 unspecified atom stereocenters. The van der Waals surface area contributed by atoms with Crippen LogP contribution in [0.2, 0.25) is 0 Å². The second-order valence-electron chi connectivity index (χ2n) is 6.56. The molecule has 116 valence electrons. The zero-order chi connectivity index (χ0) is 15.0. The van der Waals surface area contributed by atoms with Gasteiger partial charge in [-0.15, -0.1) is 0 Å². The molecule has 5 heteroatoms. The second kappa shape index (κ2) is 5.79. The Hall–Kier alpha value is -1.36. The van der Waals surface area contributed by atoms with Crippen LogP contribution in [0.4, 0.5) is 11.6 Å². The lowest BCUT2D eigenvalue weighted by Crippen LogP contribution is -2.37. The Morgan fingerprint density at radius 3 is 2.62 bits per heavy atom. The maximum Gasteiger partial charge on any atom is 0.137 e. The van der Waals surface area contributed by atoms with E-state index >= 15 is 0 Å². The minimum absolute atomic E-state index is 0.582. The molecule has 1 saturated carbocycles. The van der Waals surface area contributed by atoms with Crippen LogP contribution in [0, 0.1) is 6.92 Å². The number of hydrogen-bond donors (Lipinski definition) is 1. The number of likely N-dealkylation sites (tertiary alicyclic amines) is 1. The Morgan fingerprint density at radius 2 is 2.05 bits per heavy atom. The minimum atomic E-state index is 0.582. The van der Waals surface area contributed by atoms with E-state index in [2.05, 4.69) is 41.1 Å². The van der Waals surface area contributed by atoms with Gasteiger partial charge in [0.2, 0.25) is 0 Å². The van der Waals surface area contributed by atoms with Gasteiger partial charge in [-0.05, 0) is 46.2 Å². The van der Waals surface area contributed by atoms with Crippen LogP contribution in [0.25, 0.3) is 0 Å². The third-order valence-corrected chi connectivity index (χ3v) is 4.83. The predicted molar refractivity (Wildman–Crippen MR) is 87.2 cm³/mol. The first kappa shape index (κ1) is 14.6. The number of aromatic nitrogens is 2. The van der Waals surface area contributed by atoms with Crippen molar-refractivity contribution in [1.82, 2.24) is 14.9 Å². The SMILES string of the molecule is CNc1nc(C2CC2)nc(N(C)CC2CCCN2C)c1C. The summed E-state index contributed by atoms with van der Waals surface area (Å²) < 4.78 is 0. The first-order valence-corrected chi connectivity index (χ1v) is 8.07. The summed E-state index contributed by atoms with van der Waals surface area (Å²) in [7, 11) is 6.34. The molecule has 0 radical (unpaired) electrons. The van der Waals surface area contributed by atoms with Crippen molar-refractivity contribution in [2.75, 3.05) is 44.4 Å². The van der Waals surface area contributed by atoms with Crippen molar-refractivity contribution in [2.24, 2.45) is 0 Å². The molecule has 1 atom stereocenters. The zero-order valence-corrected chi connectivity index (χ0v) is 13.7. The quantitative estimate of drug-likeness (QED) is 0.900. The largest absolute Gasteiger partial charge is 0.373 e. The molecule has 5 nitrogen and oxygen atoms in total. The molecule has 0 bridgehead atoms. The van der Waals surface area contributed by atoms with Crippen molar-refractivity contribution in [3.63, 3.8) is 0 Å². The van der Waals surface area contributed by atoms with E-state index in [1.165, 1.54) is 32.2 Å². The molecule has 1 aliphatic heterocycles. The predicted octanol–water partition coefficient (Wildman–Crippen LogP) is 2.23. The van der Waals surface area contributed by atoms with Crippen LogP contribution in [-0.2, 0) is 0 Å². The third kappa shape index (κ3) is 2.98. The van der Waals surface area contributed by atoms with Gasteiger partial charge >= 0.3 is 0 Å². The third-order valence-electron chi connectivity index (χ3n) is 4.83. The fraction of sp³-hybridized carbons (Fsp3) is 0.750. The number of nitrogens with zero attached hydrogens (tertiary/aromatic N) is 4. The smallest absolute Gasteiger partial charge is 0.137 e. The Labute approximate surface area is 127 Å². The number of nitrogens with one attached hydrogen (secondary N) is 1. The first-order chi connectivity index (χ1) is 10.1. The van der Waals surface area contributed by atoms with E-state index in [1.807, 2.05) is 7.05 Å². The molecule has 0 spiro atoms. The van der Waals surface area contributed by atoms with Gasteiger partial charge in [0.15, 0.2) is 0 Å². The van der Waals surface area contributed by atoms with Gasteiger partial charge in [-0.2, -0.15) is 0 Å². The molecule has 1 aromatic heterocycles. The summed E-state index contributed by atoms with van der Waals surface area (Å²) in [6.07, 6.45) is 5.08. The molecule has 1 N–H and O–H groups in total. The Bertz CT molecular complexity index is 512. The summed E-state index contributed by atoms with van der Waals surface area (Å²) in [5.74, 6) is 3.68. The molecule has 1 aromatic rings. The van der Waals surface area contributed by atoms with E-state index in [4.69, 9.17) is 4.98 Å². The monoisotopic (exact) mass is 289 g/mol. The van der Waals surface area contributed by atoms with Crippen LogP contribution in [0.1, 0.15) is 43.0 Å². The number of rotatable bonds is 5. The summed E-state index contributed by atoms with van der Waals surface area (Å²) in [4.78, 5) is 14.3. The highest BCUT2D eigenvalue weighted by molar-refractivity contribution is 5.58. The fourth-order valence-corrected chi connectivity index (χ4v) is 3.27. The van der Waals surface area contributed by atoms with Gasteiger partial charge in [0.1, 0.15) is 17.5 Å². The summed E-state index contributed by atoms with van der Waals surface area (Å²) in [6.45, 7) is 4.38. The van der Waals surface area contributed by atoms with Gasteiger partial charge in [0.25, 0.3) is 0 Å². The molecule has 2 aliphatic rings. The average Bonchev–Trinajstić information content (AvgIpc) is 3.24. The van der Waals surface area contributed by atoms with Crippen molar-refractivity contribution in [2.45, 2.75) is 44.6 Å². The minimum Gasteiger partial charge on any atom is -0.373 e. The molecule has 2 fully saturated rings. The molecule has 21 heavy (non-hydrogen) atoms. The second-order valence-corrected chi connectivity index (χ2v) is 6.56. The van der Waals surface area contributed by atoms with Crippen LogP contribution in [0.3, 0.4) is 0 Å². The highest BCUT2D eigenvalue weighted by atomic mass is 15.2. The van der Waals surface area contributed by atoms with Gasteiger partial charge in [0.05, 0.1) is 0 Å². The molecule has 1 aliphatic carbocycles. The van der Waals surface area contributed by atoms with Crippen molar-refractivity contribution in [3.8, 4) is 0 Å². The molecular formula is C16H27N5. The highest BCUT2D eigenvalue weighted by Crippen LogP contribution is 2.40. The summed E-state index contributed by atoms with van der Waals surface area (Å²) in [6, 6.07) is 0.645. The molecule has 0 aromatic carbocycles. The normalized spacial score (nSPS) is 22.6. The van der Waals surface area contributed by atoms with Crippen molar-refractivity contribution < 1.29 is 0 Å². The van der Waals surface area contributed by atoms with Crippen molar-refractivity contribution in [3.05, 3.63) is 11.4 Å². The van der Waals surface area contributed by atoms with E-state index in [9.17, 15) is 0 Å². The summed E-state index contributed by atoms with van der Waals surface area (Å²) >= 11 is 0. The van der Waals surface area contributed by atoms with Crippen molar-refractivity contribution in [1.29, 1.82) is 0 Å². The lowest BCUT2D eigenvalue weighted by Gasteiger charge is -2.28. The van der Waals surface area contributed by atoms with Crippen LogP contribution in [-0.4, -0.2) is 55.1 Å². The standard InChI is InChI=1S/C16H27N5/c1-11-14(17-2)18-15(12-7-8-12)19-16(11)21(4)10-13-6-5-9-20(13)3/h12-13H,5-10H2,1-4H3,(H,17,18,19). The molecule has 0 amide bonds. The van der Waals surface area contributed by atoms with Gasteiger partial charge in [0, 0.05) is 38.2 Å². The number of hydrogen-bond acceptors (Lipinski definition) is 5. The van der Waals surface area contributed by atoms with Gasteiger partial charge in [-0.3, -0.25) is 0 Å². The topological polar surface area (TPSA) is 44.3 Å². The zero-order valence-electron chi connectivity index (χ0n) is 13.7. The highest BCUT2D eigenvalue weighted by Gasteiger charge is 2.29. The Balaban J connectivity index is 1.83. The van der Waals surface area contributed by atoms with Crippen LogP contribution in [0.15, 0.2) is 0 Å². The first-order valence-electron chi connectivity index (χ1n) is 8.07. The molecular weight excluding hydrogens is 262 g/mol. The van der Waals surface area contributed by atoms with Crippen LogP contribution < -0.4 is 10.2 Å². The van der Waals surface area contributed by atoms with E-state index < -0.39 is 0 Å². The summed E-state index contributed by atoms with van der Waals surface area (Å²) in [5, 5.41) is 3.23. The molecule has 1 saturated heterocycles. The van der Waals surface area contributed by atoms with E-state index in [0.29, 0.717) is 12.0 Å². The van der Waals surface area contributed by atoms with Crippen LogP contribution >= 0.6 is 0 Å². The van der Waals surface area contributed by atoms with Gasteiger partial charge < -0.3 is 15.1 Å². The number of anilines is 2. The lowest BCUT2D eigenvalue weighted by atomic mass is 10.2. The van der Waals surface area contributed by atoms with E-state index in [1.54, 1.807) is 0 Å². The maximum atomic E-state index is 4.87. The Kier molecular flexibility index (Phi) is 4.02. The maximum absolute atomic E-state index is 4.87. The van der Waals surface area contributed by atoms with E-state index in [0.717, 1.165) is 29.6 Å².